The number of rotatable bonds is 9. The number of ether oxygens (including phenoxy) is 3. The second-order valence-corrected chi connectivity index (χ2v) is 7.90. The number of methoxy groups -OCH3 is 3. The number of carbonyl (C=O) groups excluding carboxylic acids is 1. The van der Waals surface area contributed by atoms with Gasteiger partial charge in [-0.1, -0.05) is 0 Å². The number of hydrogen-bond acceptors (Lipinski definition) is 8. The molecule has 0 fully saturated rings. The molecule has 0 aliphatic carbocycles. The smallest absolute Gasteiger partial charge is 0.271 e. The molecule has 0 spiro atoms. The van der Waals surface area contributed by atoms with Crippen LogP contribution in [0.15, 0.2) is 36.4 Å². The van der Waals surface area contributed by atoms with Crippen LogP contribution in [0.25, 0.3) is 0 Å². The molecule has 0 aliphatic heterocycles. The predicted molar refractivity (Wildman–Crippen MR) is 110 cm³/mol. The molecule has 2 aromatic rings. The summed E-state index contributed by atoms with van der Waals surface area (Å²) in [6.07, 6.45) is 0.942. The third-order valence-electron chi connectivity index (χ3n) is 4.01. The van der Waals surface area contributed by atoms with Gasteiger partial charge < -0.3 is 19.5 Å². The van der Waals surface area contributed by atoms with Crippen molar-refractivity contribution in [2.24, 2.45) is 0 Å². The SMILES string of the molecule is COc1ccc(N(CC(=O)Nc2cc([N+](=O)[O-])ccc2OC)S(C)(=O)=O)c(OC)c1. The highest BCUT2D eigenvalue weighted by molar-refractivity contribution is 7.92. The van der Waals surface area contributed by atoms with Crippen LogP contribution in [0, 0.1) is 10.1 Å². The third-order valence-corrected chi connectivity index (χ3v) is 5.14. The van der Waals surface area contributed by atoms with Crippen LogP contribution in [0.3, 0.4) is 0 Å². The zero-order valence-electron chi connectivity index (χ0n) is 16.7. The number of anilines is 2. The van der Waals surface area contributed by atoms with Crippen molar-refractivity contribution in [1.82, 2.24) is 0 Å². The largest absolute Gasteiger partial charge is 0.497 e. The van der Waals surface area contributed by atoms with E-state index in [1.807, 2.05) is 0 Å². The van der Waals surface area contributed by atoms with Crippen LogP contribution >= 0.6 is 0 Å². The molecule has 162 valence electrons. The number of benzene rings is 2. The fourth-order valence-corrected chi connectivity index (χ4v) is 3.46. The highest BCUT2D eigenvalue weighted by Crippen LogP contribution is 2.34. The van der Waals surface area contributed by atoms with E-state index in [0.29, 0.717) is 5.75 Å². The lowest BCUT2D eigenvalue weighted by Gasteiger charge is -2.24. The van der Waals surface area contributed by atoms with E-state index < -0.39 is 27.4 Å². The molecular formula is C18H21N3O8S. The van der Waals surface area contributed by atoms with Gasteiger partial charge in [-0.25, -0.2) is 8.42 Å². The first-order valence-electron chi connectivity index (χ1n) is 8.42. The van der Waals surface area contributed by atoms with E-state index in [0.717, 1.165) is 16.6 Å². The Kier molecular flexibility index (Phi) is 7.06. The van der Waals surface area contributed by atoms with Crippen LogP contribution in [0.5, 0.6) is 17.2 Å². The van der Waals surface area contributed by atoms with Crippen molar-refractivity contribution in [3.8, 4) is 17.2 Å². The van der Waals surface area contributed by atoms with Crippen LogP contribution in [0.2, 0.25) is 0 Å². The number of sulfonamides is 1. The second-order valence-electron chi connectivity index (χ2n) is 6.00. The normalized spacial score (nSPS) is 10.8. The molecule has 0 radical (unpaired) electrons. The molecule has 0 saturated carbocycles. The molecule has 0 aliphatic rings. The quantitative estimate of drug-likeness (QED) is 0.463. The number of hydrogen-bond donors (Lipinski definition) is 1. The summed E-state index contributed by atoms with van der Waals surface area (Å²) < 4.78 is 41.0. The van der Waals surface area contributed by atoms with Gasteiger partial charge in [0.05, 0.1) is 43.9 Å². The molecule has 2 aromatic carbocycles. The summed E-state index contributed by atoms with van der Waals surface area (Å²) in [5, 5.41) is 13.4. The Labute approximate surface area is 173 Å². The van der Waals surface area contributed by atoms with Crippen LogP contribution < -0.4 is 23.8 Å². The fourth-order valence-electron chi connectivity index (χ4n) is 2.60. The van der Waals surface area contributed by atoms with Crippen LogP contribution in [-0.4, -0.2) is 53.4 Å². The lowest BCUT2D eigenvalue weighted by molar-refractivity contribution is -0.384. The summed E-state index contributed by atoms with van der Waals surface area (Å²) >= 11 is 0. The first-order chi connectivity index (χ1) is 14.1. The summed E-state index contributed by atoms with van der Waals surface area (Å²) in [4.78, 5) is 23.0. The molecule has 12 heteroatoms. The zero-order valence-corrected chi connectivity index (χ0v) is 17.6. The Morgan fingerprint density at radius 3 is 2.27 bits per heavy atom. The molecule has 1 amide bonds. The van der Waals surface area contributed by atoms with Gasteiger partial charge in [0.15, 0.2) is 0 Å². The summed E-state index contributed by atoms with van der Waals surface area (Å²) in [7, 11) is 0.254. The Hall–Kier alpha value is -3.54. The maximum Gasteiger partial charge on any atom is 0.271 e. The maximum atomic E-state index is 12.6. The van der Waals surface area contributed by atoms with Gasteiger partial charge in [-0.2, -0.15) is 0 Å². The number of carbonyl (C=O) groups is 1. The molecule has 1 N–H and O–H groups in total. The summed E-state index contributed by atoms with van der Waals surface area (Å²) in [6, 6.07) is 8.12. The maximum absolute atomic E-state index is 12.6. The van der Waals surface area contributed by atoms with E-state index in [4.69, 9.17) is 14.2 Å². The van der Waals surface area contributed by atoms with E-state index in [1.54, 1.807) is 0 Å². The number of nitro groups is 1. The van der Waals surface area contributed by atoms with Crippen molar-refractivity contribution in [1.29, 1.82) is 0 Å². The number of non-ortho nitro benzene ring substituents is 1. The van der Waals surface area contributed by atoms with E-state index in [-0.39, 0.29) is 28.6 Å². The van der Waals surface area contributed by atoms with E-state index in [9.17, 15) is 23.3 Å². The minimum atomic E-state index is -3.88. The van der Waals surface area contributed by atoms with Crippen LogP contribution in [0.1, 0.15) is 0 Å². The molecule has 11 nitrogen and oxygen atoms in total. The Bertz CT molecular complexity index is 1060. The standard InChI is InChI=1S/C18H21N3O8S/c1-27-13-6-7-15(17(10-13)29-3)20(30(4,25)26)11-18(22)19-14-9-12(21(23)24)5-8-16(14)28-2/h5-10H,11H2,1-4H3,(H,19,22). The monoisotopic (exact) mass is 439 g/mol. The Balaban J connectivity index is 2.37. The average molecular weight is 439 g/mol. The van der Waals surface area contributed by atoms with Gasteiger partial charge in [-0.3, -0.25) is 19.2 Å². The number of amides is 1. The van der Waals surface area contributed by atoms with E-state index in [1.165, 1.54) is 51.7 Å². The van der Waals surface area contributed by atoms with Gasteiger partial charge in [0, 0.05) is 18.2 Å². The highest BCUT2D eigenvalue weighted by atomic mass is 32.2. The Morgan fingerprint density at radius 2 is 1.73 bits per heavy atom. The second kappa shape index (κ2) is 9.31. The van der Waals surface area contributed by atoms with Crippen molar-refractivity contribution in [3.05, 3.63) is 46.5 Å². The molecule has 0 heterocycles. The van der Waals surface area contributed by atoms with Crippen molar-refractivity contribution in [2.75, 3.05) is 43.8 Å². The van der Waals surface area contributed by atoms with Gasteiger partial charge in [0.25, 0.3) is 5.69 Å². The van der Waals surface area contributed by atoms with Crippen LogP contribution in [0.4, 0.5) is 17.1 Å². The van der Waals surface area contributed by atoms with Crippen molar-refractivity contribution < 1.29 is 32.3 Å². The molecule has 0 bridgehead atoms. The number of nitrogens with zero attached hydrogens (tertiary/aromatic N) is 2. The number of nitrogens with one attached hydrogen (secondary N) is 1. The molecule has 30 heavy (non-hydrogen) atoms. The summed E-state index contributed by atoms with van der Waals surface area (Å²) in [5.74, 6) is 0.0642. The first-order valence-corrected chi connectivity index (χ1v) is 10.3. The summed E-state index contributed by atoms with van der Waals surface area (Å²) in [6.45, 7) is -0.604. The molecular weight excluding hydrogens is 418 g/mol. The predicted octanol–water partition coefficient (Wildman–Crippen LogP) is 2.03. The Morgan fingerprint density at radius 1 is 1.07 bits per heavy atom. The minimum Gasteiger partial charge on any atom is -0.497 e. The zero-order chi connectivity index (χ0) is 22.5. The van der Waals surface area contributed by atoms with Gasteiger partial charge in [0.1, 0.15) is 23.8 Å². The molecule has 2 rings (SSSR count). The first kappa shape index (κ1) is 22.7. The molecule has 0 unspecified atom stereocenters. The van der Waals surface area contributed by atoms with Gasteiger partial charge in [0.2, 0.25) is 15.9 Å². The van der Waals surface area contributed by atoms with Crippen molar-refractivity contribution >= 4 is 33.0 Å². The topological polar surface area (TPSA) is 137 Å². The number of nitro benzene ring substituents is 1. The van der Waals surface area contributed by atoms with E-state index >= 15 is 0 Å². The van der Waals surface area contributed by atoms with Crippen molar-refractivity contribution in [3.63, 3.8) is 0 Å². The van der Waals surface area contributed by atoms with E-state index in [2.05, 4.69) is 5.32 Å². The van der Waals surface area contributed by atoms with Crippen molar-refractivity contribution in [2.45, 2.75) is 0 Å². The van der Waals surface area contributed by atoms with Gasteiger partial charge >= 0.3 is 0 Å². The van der Waals surface area contributed by atoms with Crippen LogP contribution in [-0.2, 0) is 14.8 Å². The third kappa shape index (κ3) is 5.29. The molecule has 0 aromatic heterocycles. The lowest BCUT2D eigenvalue weighted by Crippen LogP contribution is -2.37. The molecule has 0 atom stereocenters. The van der Waals surface area contributed by atoms with Gasteiger partial charge in [-0.05, 0) is 18.2 Å². The molecule has 0 saturated heterocycles. The average Bonchev–Trinajstić information content (AvgIpc) is 2.70. The van der Waals surface area contributed by atoms with Gasteiger partial charge in [-0.15, -0.1) is 0 Å². The lowest BCUT2D eigenvalue weighted by atomic mass is 10.2. The fraction of sp³-hybridized carbons (Fsp3) is 0.278. The minimum absolute atomic E-state index is 0.0341. The summed E-state index contributed by atoms with van der Waals surface area (Å²) in [5.41, 5.74) is -0.100. The highest BCUT2D eigenvalue weighted by Gasteiger charge is 2.25.